The van der Waals surface area contributed by atoms with Crippen LogP contribution in [0.15, 0.2) is 6.20 Å². The lowest BCUT2D eigenvalue weighted by Crippen LogP contribution is -2.51. The Hall–Kier alpha value is -2.05. The second-order valence-electron chi connectivity index (χ2n) is 5.63. The van der Waals surface area contributed by atoms with E-state index >= 15 is 0 Å². The van der Waals surface area contributed by atoms with Gasteiger partial charge in [-0.3, -0.25) is 4.79 Å². The molecule has 0 spiro atoms. The SMILES string of the molecule is CC.CC.CCCN(Cc1ncc(C)[nH]1)C(=O)[C@@H](NC(=O)OC)C(C)C.[HH].[HH]. The standard InChI is InChI=1S/C15H26N4O3.2C2H6.2H2/c1-6-7-19(9-12-16-8-11(4)17-12)14(20)13(10(2)3)18-15(21)22-5;2*1-2;;/h8,10,13H,6-7,9H2,1-5H3,(H,16,17)(H,18,21);2*1-2H3;2*1H/t13-;;;;/m0..../s1. The van der Waals surface area contributed by atoms with Crippen LogP contribution < -0.4 is 5.32 Å². The van der Waals surface area contributed by atoms with Crippen molar-refractivity contribution in [3.8, 4) is 0 Å². The normalized spacial score (nSPS) is 10.7. The van der Waals surface area contributed by atoms with Gasteiger partial charge in [0.25, 0.3) is 0 Å². The number of amides is 2. The van der Waals surface area contributed by atoms with Crippen molar-refractivity contribution >= 4 is 12.0 Å². The monoisotopic (exact) mass is 374 g/mol. The number of carbonyl (C=O) groups is 2. The average Bonchev–Trinajstić information content (AvgIpc) is 3.06. The molecule has 0 aliphatic heterocycles. The Bertz CT molecular complexity index is 511. The summed E-state index contributed by atoms with van der Waals surface area (Å²) >= 11 is 0. The predicted molar refractivity (Wildman–Crippen MR) is 110 cm³/mol. The summed E-state index contributed by atoms with van der Waals surface area (Å²) in [6, 6.07) is -0.616. The van der Waals surface area contributed by atoms with Crippen LogP contribution in [0.25, 0.3) is 0 Å². The van der Waals surface area contributed by atoms with Gasteiger partial charge >= 0.3 is 6.09 Å². The van der Waals surface area contributed by atoms with Crippen molar-refractivity contribution in [2.75, 3.05) is 13.7 Å². The summed E-state index contributed by atoms with van der Waals surface area (Å²) in [5.41, 5.74) is 0.951. The van der Waals surface area contributed by atoms with Gasteiger partial charge < -0.3 is 19.9 Å². The molecule has 2 N–H and O–H groups in total. The van der Waals surface area contributed by atoms with Crippen molar-refractivity contribution < 1.29 is 17.2 Å². The molecule has 0 bridgehead atoms. The number of alkyl carbamates (subject to hydrolysis) is 1. The number of methoxy groups -OCH3 is 1. The topological polar surface area (TPSA) is 87.3 Å². The predicted octanol–water partition coefficient (Wildman–Crippen LogP) is 4.38. The molecular formula is C19H42N4O3. The van der Waals surface area contributed by atoms with Crippen LogP contribution in [0.4, 0.5) is 4.79 Å². The zero-order chi connectivity index (χ0) is 20.7. The molecule has 1 atom stereocenters. The van der Waals surface area contributed by atoms with Gasteiger partial charge in [-0.2, -0.15) is 0 Å². The molecule has 1 aromatic rings. The summed E-state index contributed by atoms with van der Waals surface area (Å²) in [7, 11) is 1.28. The first-order valence-electron chi connectivity index (χ1n) is 9.52. The summed E-state index contributed by atoms with van der Waals surface area (Å²) in [4.78, 5) is 33.3. The highest BCUT2D eigenvalue weighted by Gasteiger charge is 2.29. The fourth-order valence-electron chi connectivity index (χ4n) is 2.16. The fraction of sp³-hybridized carbons (Fsp3) is 0.737. The highest BCUT2D eigenvalue weighted by atomic mass is 16.5. The van der Waals surface area contributed by atoms with E-state index in [1.165, 1.54) is 7.11 Å². The van der Waals surface area contributed by atoms with Gasteiger partial charge in [-0.25, -0.2) is 9.78 Å². The second-order valence-corrected chi connectivity index (χ2v) is 5.63. The third-order valence-corrected chi connectivity index (χ3v) is 3.29. The van der Waals surface area contributed by atoms with Crippen molar-refractivity contribution in [1.29, 1.82) is 0 Å². The van der Waals surface area contributed by atoms with Crippen LogP contribution in [0, 0.1) is 12.8 Å². The molecular weight excluding hydrogens is 332 g/mol. The van der Waals surface area contributed by atoms with Crippen LogP contribution in [-0.2, 0) is 16.1 Å². The van der Waals surface area contributed by atoms with E-state index in [-0.39, 0.29) is 14.7 Å². The number of aromatic amines is 1. The zero-order valence-electron chi connectivity index (χ0n) is 18.0. The third kappa shape index (κ3) is 9.44. The van der Waals surface area contributed by atoms with Gasteiger partial charge in [0.1, 0.15) is 11.9 Å². The molecule has 0 saturated carbocycles. The number of carbonyl (C=O) groups excluding carboxylic acids is 2. The van der Waals surface area contributed by atoms with E-state index < -0.39 is 12.1 Å². The van der Waals surface area contributed by atoms with Crippen LogP contribution >= 0.6 is 0 Å². The largest absolute Gasteiger partial charge is 0.453 e. The lowest BCUT2D eigenvalue weighted by molar-refractivity contribution is -0.135. The van der Waals surface area contributed by atoms with Crippen LogP contribution in [-0.4, -0.2) is 46.6 Å². The van der Waals surface area contributed by atoms with E-state index in [4.69, 9.17) is 0 Å². The number of ether oxygens (including phenoxy) is 1. The number of H-pyrrole nitrogens is 1. The van der Waals surface area contributed by atoms with Gasteiger partial charge in [0.05, 0.1) is 13.7 Å². The number of imidazole rings is 1. The first kappa shape index (κ1) is 26.2. The van der Waals surface area contributed by atoms with E-state index in [1.807, 2.05) is 55.4 Å². The zero-order valence-corrected chi connectivity index (χ0v) is 18.0. The minimum atomic E-state index is -0.616. The summed E-state index contributed by atoms with van der Waals surface area (Å²) in [5, 5.41) is 2.61. The number of hydrogen-bond donors (Lipinski definition) is 2. The molecule has 156 valence electrons. The van der Waals surface area contributed by atoms with Crippen molar-refractivity contribution in [2.24, 2.45) is 5.92 Å². The molecule has 0 fully saturated rings. The van der Waals surface area contributed by atoms with Crippen molar-refractivity contribution in [3.63, 3.8) is 0 Å². The average molecular weight is 375 g/mol. The highest BCUT2D eigenvalue weighted by Crippen LogP contribution is 2.10. The van der Waals surface area contributed by atoms with Crippen LogP contribution in [0.1, 0.15) is 69.3 Å². The number of aromatic nitrogens is 2. The quantitative estimate of drug-likeness (QED) is 0.741. The smallest absolute Gasteiger partial charge is 0.407 e. The number of nitrogens with zero attached hydrogens (tertiary/aromatic N) is 2. The molecule has 26 heavy (non-hydrogen) atoms. The van der Waals surface area contributed by atoms with E-state index in [0.29, 0.717) is 13.1 Å². The number of rotatable bonds is 7. The summed E-state index contributed by atoms with van der Waals surface area (Å²) in [6.45, 7) is 16.7. The lowest BCUT2D eigenvalue weighted by atomic mass is 10.0. The molecule has 0 aliphatic rings. The molecule has 2 amide bonds. The first-order valence-corrected chi connectivity index (χ1v) is 9.52. The van der Waals surface area contributed by atoms with Crippen molar-refractivity contribution in [3.05, 3.63) is 17.7 Å². The van der Waals surface area contributed by atoms with Gasteiger partial charge in [0.2, 0.25) is 5.91 Å². The van der Waals surface area contributed by atoms with Crippen molar-refractivity contribution in [2.45, 2.75) is 74.4 Å². The second kappa shape index (κ2) is 15.2. The number of nitrogens with one attached hydrogen (secondary N) is 2. The molecule has 1 heterocycles. The fourth-order valence-corrected chi connectivity index (χ4v) is 2.16. The summed E-state index contributed by atoms with van der Waals surface area (Å²) in [5.74, 6) is 0.570. The highest BCUT2D eigenvalue weighted by molar-refractivity contribution is 5.85. The molecule has 0 saturated heterocycles. The maximum atomic E-state index is 12.8. The Labute approximate surface area is 161 Å². The van der Waals surface area contributed by atoms with Gasteiger partial charge in [-0.1, -0.05) is 48.5 Å². The Kier molecular flexibility index (Phi) is 15.3. The van der Waals surface area contributed by atoms with Crippen LogP contribution in [0.5, 0.6) is 0 Å². The molecule has 1 rings (SSSR count). The summed E-state index contributed by atoms with van der Waals surface area (Å²) in [6.07, 6.45) is 1.96. The first-order chi connectivity index (χ1) is 12.4. The van der Waals surface area contributed by atoms with Crippen molar-refractivity contribution in [1.82, 2.24) is 20.2 Å². The molecule has 0 unspecified atom stereocenters. The molecule has 0 aromatic carbocycles. The van der Waals surface area contributed by atoms with Crippen LogP contribution in [0.3, 0.4) is 0 Å². The van der Waals surface area contributed by atoms with E-state index in [2.05, 4.69) is 20.0 Å². The van der Waals surface area contributed by atoms with Crippen LogP contribution in [0.2, 0.25) is 0 Å². The third-order valence-electron chi connectivity index (χ3n) is 3.29. The van der Waals surface area contributed by atoms with Gasteiger partial charge in [-0.15, -0.1) is 0 Å². The Morgan fingerprint density at radius 2 is 1.88 bits per heavy atom. The Morgan fingerprint density at radius 3 is 2.27 bits per heavy atom. The molecule has 7 nitrogen and oxygen atoms in total. The van der Waals surface area contributed by atoms with E-state index in [9.17, 15) is 9.59 Å². The van der Waals surface area contributed by atoms with Gasteiger partial charge in [0, 0.05) is 21.3 Å². The maximum Gasteiger partial charge on any atom is 0.407 e. The number of aryl methyl sites for hydroxylation is 1. The molecule has 7 heteroatoms. The van der Waals surface area contributed by atoms with Gasteiger partial charge in [-0.05, 0) is 19.3 Å². The minimum Gasteiger partial charge on any atom is -0.453 e. The summed E-state index contributed by atoms with van der Waals surface area (Å²) < 4.78 is 4.60. The molecule has 1 aromatic heterocycles. The Balaban J connectivity index is -0.000000449. The maximum absolute atomic E-state index is 12.8. The molecule has 0 aliphatic carbocycles. The van der Waals surface area contributed by atoms with E-state index in [1.54, 1.807) is 11.1 Å². The molecule has 0 radical (unpaired) electrons. The lowest BCUT2D eigenvalue weighted by Gasteiger charge is -2.28. The number of hydrogen-bond acceptors (Lipinski definition) is 4. The van der Waals surface area contributed by atoms with E-state index in [0.717, 1.165) is 17.9 Å². The Morgan fingerprint density at radius 1 is 1.31 bits per heavy atom. The minimum absolute atomic E-state index is 0. The van der Waals surface area contributed by atoms with Gasteiger partial charge in [0.15, 0.2) is 0 Å².